The lowest BCUT2D eigenvalue weighted by molar-refractivity contribution is 0.715. The van der Waals surface area contributed by atoms with Crippen molar-refractivity contribution in [2.75, 3.05) is 5.73 Å². The monoisotopic (exact) mass is 292 g/mol. The van der Waals surface area contributed by atoms with Crippen molar-refractivity contribution < 1.29 is 0 Å². The van der Waals surface area contributed by atoms with E-state index in [1.54, 1.807) is 11.3 Å². The smallest absolute Gasteiger partial charge is 0.201 e. The number of halogens is 1. The van der Waals surface area contributed by atoms with E-state index in [1.807, 2.05) is 29.7 Å². The Labute approximate surface area is 119 Å². The number of hydrogen-bond acceptors (Lipinski definition) is 4. The molecule has 2 aromatic heterocycles. The van der Waals surface area contributed by atoms with Gasteiger partial charge in [-0.15, -0.1) is 11.3 Å². The van der Waals surface area contributed by atoms with E-state index in [1.165, 1.54) is 0 Å². The fourth-order valence-corrected chi connectivity index (χ4v) is 3.05. The number of para-hydroxylation sites is 1. The van der Waals surface area contributed by atoms with Gasteiger partial charge in [0.15, 0.2) is 0 Å². The molecule has 0 aliphatic heterocycles. The second-order valence-corrected chi connectivity index (χ2v) is 5.81. The third kappa shape index (κ3) is 2.31. The van der Waals surface area contributed by atoms with E-state index < -0.39 is 0 Å². The highest BCUT2D eigenvalue weighted by Crippen LogP contribution is 2.26. The molecule has 0 bridgehead atoms. The van der Waals surface area contributed by atoms with Crippen LogP contribution in [0.3, 0.4) is 0 Å². The van der Waals surface area contributed by atoms with E-state index in [-0.39, 0.29) is 0 Å². The quantitative estimate of drug-likeness (QED) is 0.806. The highest BCUT2D eigenvalue weighted by atomic mass is 35.5. The minimum absolute atomic E-state index is 0.495. The Hall–Kier alpha value is -1.59. The zero-order valence-corrected chi connectivity index (χ0v) is 12.0. The van der Waals surface area contributed by atoms with E-state index in [0.29, 0.717) is 11.0 Å². The Kier molecular flexibility index (Phi) is 3.16. The number of hydrogen-bond donors (Lipinski definition) is 1. The molecular formula is C13H13ClN4S. The molecule has 0 saturated heterocycles. The minimum atomic E-state index is 0.495. The summed E-state index contributed by atoms with van der Waals surface area (Å²) in [5, 5.41) is 3.83. The summed E-state index contributed by atoms with van der Waals surface area (Å²) in [4.78, 5) is 8.78. The van der Waals surface area contributed by atoms with Crippen molar-refractivity contribution in [3.05, 3.63) is 39.3 Å². The molecule has 0 radical (unpaired) electrons. The molecule has 1 aromatic carbocycles. The van der Waals surface area contributed by atoms with Crippen LogP contribution < -0.4 is 5.73 Å². The van der Waals surface area contributed by atoms with Gasteiger partial charge in [-0.25, -0.2) is 9.97 Å². The number of anilines is 1. The molecule has 0 aliphatic rings. The van der Waals surface area contributed by atoms with Crippen LogP contribution in [-0.2, 0) is 13.0 Å². The Balaban J connectivity index is 1.94. The molecule has 4 nitrogen and oxygen atoms in total. The number of nitrogen functional groups attached to an aromatic ring is 1. The minimum Gasteiger partial charge on any atom is -0.369 e. The number of aryl methyl sites for hydroxylation is 3. The van der Waals surface area contributed by atoms with Crippen LogP contribution in [0.15, 0.2) is 23.6 Å². The van der Waals surface area contributed by atoms with Crippen LogP contribution in [0.5, 0.6) is 0 Å². The van der Waals surface area contributed by atoms with Crippen LogP contribution in [0.4, 0.5) is 5.95 Å². The molecule has 0 fully saturated rings. The molecule has 19 heavy (non-hydrogen) atoms. The Bertz CT molecular complexity index is 731. The van der Waals surface area contributed by atoms with Gasteiger partial charge < -0.3 is 10.3 Å². The Morgan fingerprint density at radius 2 is 2.21 bits per heavy atom. The largest absolute Gasteiger partial charge is 0.369 e. The van der Waals surface area contributed by atoms with E-state index in [4.69, 9.17) is 17.3 Å². The molecule has 0 saturated carbocycles. The van der Waals surface area contributed by atoms with Crippen molar-refractivity contribution >= 4 is 39.9 Å². The lowest BCUT2D eigenvalue weighted by atomic mass is 10.3. The number of rotatable bonds is 3. The summed E-state index contributed by atoms with van der Waals surface area (Å²) in [6.07, 6.45) is 0.825. The summed E-state index contributed by atoms with van der Waals surface area (Å²) in [6, 6.07) is 5.65. The third-order valence-corrected chi connectivity index (χ3v) is 4.13. The van der Waals surface area contributed by atoms with Crippen LogP contribution in [-0.4, -0.2) is 14.5 Å². The first-order valence-electron chi connectivity index (χ1n) is 5.96. The second kappa shape index (κ2) is 4.83. The molecule has 3 aromatic rings. The molecule has 6 heteroatoms. The average Bonchev–Trinajstić information content (AvgIpc) is 2.91. The van der Waals surface area contributed by atoms with Gasteiger partial charge in [-0.05, 0) is 19.1 Å². The van der Waals surface area contributed by atoms with Crippen LogP contribution in [0, 0.1) is 6.92 Å². The van der Waals surface area contributed by atoms with Gasteiger partial charge in [0.05, 0.1) is 26.8 Å². The molecule has 2 N–H and O–H groups in total. The molecular weight excluding hydrogens is 280 g/mol. The molecule has 2 heterocycles. The van der Waals surface area contributed by atoms with Gasteiger partial charge in [-0.1, -0.05) is 17.7 Å². The Morgan fingerprint density at radius 3 is 2.95 bits per heavy atom. The summed E-state index contributed by atoms with van der Waals surface area (Å²) in [5.41, 5.74) is 8.78. The molecule has 0 amide bonds. The van der Waals surface area contributed by atoms with Gasteiger partial charge in [0, 0.05) is 18.3 Å². The molecule has 0 aliphatic carbocycles. The van der Waals surface area contributed by atoms with Crippen molar-refractivity contribution in [3.8, 4) is 0 Å². The van der Waals surface area contributed by atoms with Gasteiger partial charge in [0.25, 0.3) is 0 Å². The number of fused-ring (bicyclic) bond motifs is 1. The normalized spacial score (nSPS) is 11.3. The standard InChI is InChI=1S/C13H13ClN4S/c1-8-16-9(7-19-8)5-6-18-12-10(14)3-2-4-11(12)17-13(18)15/h2-4,7H,5-6H2,1H3,(H2,15,17). The maximum atomic E-state index is 6.23. The van der Waals surface area contributed by atoms with Gasteiger partial charge in [-0.3, -0.25) is 0 Å². The SMILES string of the molecule is Cc1nc(CCn2c(N)nc3cccc(Cl)c32)cs1. The van der Waals surface area contributed by atoms with Crippen molar-refractivity contribution in [1.82, 2.24) is 14.5 Å². The van der Waals surface area contributed by atoms with Crippen LogP contribution in [0.1, 0.15) is 10.7 Å². The lowest BCUT2D eigenvalue weighted by Crippen LogP contribution is -2.06. The number of nitrogens with two attached hydrogens (primary N) is 1. The number of imidazole rings is 1. The zero-order chi connectivity index (χ0) is 13.4. The summed E-state index contributed by atoms with van der Waals surface area (Å²) in [5.74, 6) is 0.495. The van der Waals surface area contributed by atoms with Gasteiger partial charge in [0.2, 0.25) is 5.95 Å². The van der Waals surface area contributed by atoms with Crippen molar-refractivity contribution in [2.24, 2.45) is 0 Å². The van der Waals surface area contributed by atoms with E-state index in [2.05, 4.69) is 15.3 Å². The van der Waals surface area contributed by atoms with E-state index in [0.717, 1.165) is 34.7 Å². The Morgan fingerprint density at radius 1 is 1.37 bits per heavy atom. The molecule has 3 rings (SSSR count). The lowest BCUT2D eigenvalue weighted by Gasteiger charge is -2.06. The maximum absolute atomic E-state index is 6.23. The van der Waals surface area contributed by atoms with Crippen LogP contribution in [0.25, 0.3) is 11.0 Å². The highest BCUT2D eigenvalue weighted by molar-refractivity contribution is 7.09. The first-order valence-corrected chi connectivity index (χ1v) is 7.22. The average molecular weight is 293 g/mol. The predicted octanol–water partition coefficient (Wildman–Crippen LogP) is 3.28. The van der Waals surface area contributed by atoms with Crippen molar-refractivity contribution in [2.45, 2.75) is 19.9 Å². The maximum Gasteiger partial charge on any atom is 0.201 e. The summed E-state index contributed by atoms with van der Waals surface area (Å²) in [7, 11) is 0. The van der Waals surface area contributed by atoms with E-state index >= 15 is 0 Å². The van der Waals surface area contributed by atoms with Crippen LogP contribution in [0.2, 0.25) is 5.02 Å². The number of benzene rings is 1. The van der Waals surface area contributed by atoms with Crippen molar-refractivity contribution in [1.29, 1.82) is 0 Å². The van der Waals surface area contributed by atoms with Gasteiger partial charge in [0.1, 0.15) is 0 Å². The fraction of sp³-hybridized carbons (Fsp3) is 0.231. The highest BCUT2D eigenvalue weighted by Gasteiger charge is 2.11. The second-order valence-electron chi connectivity index (χ2n) is 4.34. The van der Waals surface area contributed by atoms with E-state index in [9.17, 15) is 0 Å². The summed E-state index contributed by atoms with van der Waals surface area (Å²) < 4.78 is 1.95. The van der Waals surface area contributed by atoms with Crippen molar-refractivity contribution in [3.63, 3.8) is 0 Å². The summed E-state index contributed by atoms with van der Waals surface area (Å²) >= 11 is 7.89. The topological polar surface area (TPSA) is 56.7 Å². The molecule has 0 unspecified atom stereocenters. The first-order chi connectivity index (χ1) is 9.15. The summed E-state index contributed by atoms with van der Waals surface area (Å²) in [6.45, 7) is 2.74. The van der Waals surface area contributed by atoms with Crippen LogP contribution >= 0.6 is 22.9 Å². The number of nitrogens with zero attached hydrogens (tertiary/aromatic N) is 3. The zero-order valence-electron chi connectivity index (χ0n) is 10.4. The fourth-order valence-electron chi connectivity index (χ4n) is 2.14. The number of aromatic nitrogens is 3. The van der Waals surface area contributed by atoms with Gasteiger partial charge in [-0.2, -0.15) is 0 Å². The molecule has 98 valence electrons. The molecule has 0 atom stereocenters. The molecule has 0 spiro atoms. The first kappa shape index (κ1) is 12.4. The third-order valence-electron chi connectivity index (χ3n) is 3.01. The number of thiazole rings is 1. The van der Waals surface area contributed by atoms with Gasteiger partial charge >= 0.3 is 0 Å². The predicted molar refractivity (Wildman–Crippen MR) is 79.7 cm³/mol.